The molecular weight excluding hydrogens is 785 g/mol. The summed E-state index contributed by atoms with van der Waals surface area (Å²) in [7, 11) is 0. The summed E-state index contributed by atoms with van der Waals surface area (Å²) in [5.74, 6) is -1.17. The van der Waals surface area contributed by atoms with Crippen LogP contribution in [0.3, 0.4) is 0 Å². The molecule has 330 valence electrons. The average molecular weight is 845 g/mol. The summed E-state index contributed by atoms with van der Waals surface area (Å²) in [6.45, 7) is 6.74. The maximum absolute atomic E-state index is 14.3. The van der Waals surface area contributed by atoms with Crippen molar-refractivity contribution in [1.29, 1.82) is 0 Å². The molecule has 5 atom stereocenters. The minimum Gasteiger partial charge on any atom is -0.444 e. The van der Waals surface area contributed by atoms with Gasteiger partial charge in [0.2, 0.25) is 23.7 Å². The van der Waals surface area contributed by atoms with Crippen LogP contribution in [0.5, 0.6) is 0 Å². The van der Waals surface area contributed by atoms with Crippen molar-refractivity contribution < 1.29 is 38.6 Å². The van der Waals surface area contributed by atoms with Crippen LogP contribution >= 0.6 is 0 Å². The van der Waals surface area contributed by atoms with Crippen LogP contribution in [0.4, 0.5) is 9.59 Å². The zero-order valence-electron chi connectivity index (χ0n) is 35.3. The SMILES string of the molecule is CCCC(CCC)C(=O)NC(Cc1nn[nH]n1)C(=O)N1C[C@@H](C)CC1C(=O)NC(CO)CC1CCCN(C(=NC(=O)OCc2ccccc2)NC(=O)OCc2ccccc2)C1. The van der Waals surface area contributed by atoms with Crippen molar-refractivity contribution >= 4 is 35.9 Å². The van der Waals surface area contributed by atoms with Crippen LogP contribution in [0.15, 0.2) is 65.7 Å². The number of likely N-dealkylation sites (tertiary alicyclic amines) is 2. The van der Waals surface area contributed by atoms with Crippen molar-refractivity contribution in [3.05, 3.63) is 77.6 Å². The molecule has 5 rings (SSSR count). The number of piperidine rings is 1. The van der Waals surface area contributed by atoms with Gasteiger partial charge in [-0.2, -0.15) is 5.21 Å². The van der Waals surface area contributed by atoms with Gasteiger partial charge in [0.05, 0.1) is 12.6 Å². The van der Waals surface area contributed by atoms with Crippen molar-refractivity contribution in [2.45, 2.75) is 110 Å². The third kappa shape index (κ3) is 14.4. The zero-order chi connectivity index (χ0) is 43.6. The number of aliphatic hydroxyl groups excluding tert-OH is 1. The minimum absolute atomic E-state index is 0.00163. The lowest BCUT2D eigenvalue weighted by Gasteiger charge is -2.36. The number of nitrogens with zero attached hydrogens (tertiary/aromatic N) is 6. The summed E-state index contributed by atoms with van der Waals surface area (Å²) in [4.78, 5) is 75.1. The largest absolute Gasteiger partial charge is 0.444 e. The van der Waals surface area contributed by atoms with Crippen molar-refractivity contribution in [2.24, 2.45) is 22.7 Å². The molecule has 2 fully saturated rings. The number of aliphatic hydroxyl groups is 1. The number of rotatable bonds is 18. The van der Waals surface area contributed by atoms with Crippen LogP contribution in [0.1, 0.15) is 89.1 Å². The highest BCUT2D eigenvalue weighted by atomic mass is 16.6. The van der Waals surface area contributed by atoms with Crippen molar-refractivity contribution in [3.8, 4) is 0 Å². The number of nitrogens with one attached hydrogen (secondary N) is 4. The van der Waals surface area contributed by atoms with E-state index in [1.807, 2.05) is 81.4 Å². The molecule has 3 aromatic rings. The first-order valence-corrected chi connectivity index (χ1v) is 21.3. The number of carbonyl (C=O) groups excluding carboxylic acids is 5. The number of tetrazole rings is 1. The Hall–Kier alpha value is -5.91. The third-order valence-corrected chi connectivity index (χ3v) is 11.0. The number of aliphatic imine (C=N–C) groups is 1. The highest BCUT2D eigenvalue weighted by Crippen LogP contribution is 2.26. The molecule has 0 spiro atoms. The van der Waals surface area contributed by atoms with Gasteiger partial charge >= 0.3 is 12.2 Å². The first kappa shape index (κ1) is 46.2. The smallest absolute Gasteiger partial charge is 0.437 e. The van der Waals surface area contributed by atoms with E-state index in [2.05, 4.69) is 41.6 Å². The highest BCUT2D eigenvalue weighted by Gasteiger charge is 2.42. The first-order chi connectivity index (χ1) is 29.6. The van der Waals surface area contributed by atoms with Gasteiger partial charge in [0.1, 0.15) is 25.3 Å². The summed E-state index contributed by atoms with van der Waals surface area (Å²) in [6.07, 6.45) is 3.49. The van der Waals surface area contributed by atoms with Crippen LogP contribution in [-0.4, -0.2) is 116 Å². The molecule has 18 heteroatoms. The Bertz CT molecular complexity index is 1880. The van der Waals surface area contributed by atoms with Gasteiger partial charge in [0.25, 0.3) is 0 Å². The molecule has 0 saturated carbocycles. The van der Waals surface area contributed by atoms with Crippen LogP contribution in [-0.2, 0) is 43.5 Å². The summed E-state index contributed by atoms with van der Waals surface area (Å²) < 4.78 is 10.8. The molecule has 61 heavy (non-hydrogen) atoms. The van der Waals surface area contributed by atoms with Crippen molar-refractivity contribution in [2.75, 3.05) is 26.2 Å². The molecule has 2 aromatic carbocycles. The van der Waals surface area contributed by atoms with E-state index in [-0.39, 0.29) is 61.7 Å². The number of hydrogen-bond acceptors (Lipinski definition) is 11. The molecule has 2 aliphatic heterocycles. The van der Waals surface area contributed by atoms with Crippen LogP contribution in [0.2, 0.25) is 0 Å². The summed E-state index contributed by atoms with van der Waals surface area (Å²) >= 11 is 0. The van der Waals surface area contributed by atoms with E-state index in [1.54, 1.807) is 4.90 Å². The monoisotopic (exact) mass is 844 g/mol. The Labute approximate surface area is 356 Å². The number of alkyl carbamates (subject to hydrolysis) is 1. The van der Waals surface area contributed by atoms with Gasteiger partial charge in [0.15, 0.2) is 5.82 Å². The molecule has 2 saturated heterocycles. The average Bonchev–Trinajstić information content (AvgIpc) is 3.94. The van der Waals surface area contributed by atoms with E-state index in [0.29, 0.717) is 51.7 Å². The second-order valence-corrected chi connectivity index (χ2v) is 16.0. The lowest BCUT2D eigenvalue weighted by Crippen LogP contribution is -2.56. The van der Waals surface area contributed by atoms with E-state index < -0.39 is 42.1 Å². The summed E-state index contributed by atoms with van der Waals surface area (Å²) in [5.41, 5.74) is 1.56. The van der Waals surface area contributed by atoms with Gasteiger partial charge in [-0.25, -0.2) is 9.59 Å². The van der Waals surface area contributed by atoms with E-state index >= 15 is 0 Å². The number of benzene rings is 2. The fraction of sp³-hybridized carbons (Fsp3) is 0.558. The van der Waals surface area contributed by atoms with Gasteiger partial charge in [-0.15, -0.1) is 15.2 Å². The van der Waals surface area contributed by atoms with E-state index in [9.17, 15) is 29.1 Å². The maximum atomic E-state index is 14.3. The minimum atomic E-state index is -1.01. The van der Waals surface area contributed by atoms with E-state index in [4.69, 9.17) is 9.47 Å². The first-order valence-electron chi connectivity index (χ1n) is 21.3. The van der Waals surface area contributed by atoms with Gasteiger partial charge in [-0.1, -0.05) is 99.5 Å². The molecule has 0 radical (unpaired) electrons. The van der Waals surface area contributed by atoms with Gasteiger partial charge in [0, 0.05) is 32.0 Å². The van der Waals surface area contributed by atoms with E-state index in [1.165, 1.54) is 4.90 Å². The Morgan fingerprint density at radius 3 is 2.23 bits per heavy atom. The summed E-state index contributed by atoms with van der Waals surface area (Å²) in [6, 6.07) is 15.8. The maximum Gasteiger partial charge on any atom is 0.437 e. The van der Waals surface area contributed by atoms with Gasteiger partial charge in [-0.3, -0.25) is 19.7 Å². The Morgan fingerprint density at radius 2 is 1.61 bits per heavy atom. The molecule has 2 aliphatic rings. The Morgan fingerprint density at radius 1 is 0.934 bits per heavy atom. The number of guanidine groups is 1. The Kier molecular flexibility index (Phi) is 18.0. The number of hydrogen-bond donors (Lipinski definition) is 5. The zero-order valence-corrected chi connectivity index (χ0v) is 35.3. The molecule has 5 N–H and O–H groups in total. The van der Waals surface area contributed by atoms with Crippen LogP contribution in [0.25, 0.3) is 0 Å². The third-order valence-electron chi connectivity index (χ3n) is 11.0. The predicted molar refractivity (Wildman–Crippen MR) is 224 cm³/mol. The highest BCUT2D eigenvalue weighted by molar-refractivity contribution is 5.99. The number of ether oxygens (including phenoxy) is 2. The fourth-order valence-electron chi connectivity index (χ4n) is 7.98. The van der Waals surface area contributed by atoms with Gasteiger partial charge in [-0.05, 0) is 61.5 Å². The predicted octanol–water partition coefficient (Wildman–Crippen LogP) is 3.88. The summed E-state index contributed by atoms with van der Waals surface area (Å²) in [5, 5.41) is 33.1. The number of amides is 5. The standard InChI is InChI=1S/C43H60N10O8/c1-4-13-33(14-5-2)38(55)45-35(23-37-48-50-51-49-37)40(57)53-24-29(3)21-36(53)39(56)44-34(26-54)22-32-19-12-20-52(25-32)41(46-42(58)60-27-30-15-8-6-9-16-30)47-43(59)61-28-31-17-10-7-11-18-31/h6-11,15-18,29,32-36,54H,4-5,12-14,19-28H2,1-3H3,(H,44,56)(H,45,55)(H,46,47,58,59)(H,48,49,50,51)/t29-,32?,34?,35?,36?/m0/s1. The lowest BCUT2D eigenvalue weighted by atomic mass is 9.91. The van der Waals surface area contributed by atoms with Crippen LogP contribution < -0.4 is 16.0 Å². The molecule has 3 heterocycles. The molecule has 0 bridgehead atoms. The molecule has 5 amide bonds. The quantitative estimate of drug-likeness (QED) is 0.0907. The number of H-pyrrole nitrogens is 1. The fourth-order valence-corrected chi connectivity index (χ4v) is 7.98. The number of carbonyl (C=O) groups is 5. The number of aromatic amines is 1. The number of aromatic nitrogens is 4. The second kappa shape index (κ2) is 23.8. The second-order valence-electron chi connectivity index (χ2n) is 16.0. The molecule has 18 nitrogen and oxygen atoms in total. The van der Waals surface area contributed by atoms with Crippen molar-refractivity contribution in [3.63, 3.8) is 0 Å². The normalized spacial score (nSPS) is 18.9. The Balaban J connectivity index is 1.24. The van der Waals surface area contributed by atoms with Gasteiger partial charge < -0.3 is 35.0 Å². The molecule has 4 unspecified atom stereocenters. The lowest BCUT2D eigenvalue weighted by molar-refractivity contribution is -0.142. The molecular formula is C43H60N10O8. The molecule has 1 aromatic heterocycles. The van der Waals surface area contributed by atoms with Crippen LogP contribution in [0, 0.1) is 17.8 Å². The van der Waals surface area contributed by atoms with E-state index in [0.717, 1.165) is 30.4 Å². The topological polar surface area (TPSA) is 233 Å². The molecule has 0 aliphatic carbocycles. The van der Waals surface area contributed by atoms with Crippen molar-refractivity contribution in [1.82, 2.24) is 46.4 Å².